The van der Waals surface area contributed by atoms with Gasteiger partial charge in [-0.15, -0.1) is 0 Å². The van der Waals surface area contributed by atoms with Crippen molar-refractivity contribution in [1.29, 1.82) is 0 Å². The fraction of sp³-hybridized carbons (Fsp3) is 0.278. The van der Waals surface area contributed by atoms with Crippen LogP contribution >= 0.6 is 0 Å². The topological polar surface area (TPSA) is 40.5 Å². The van der Waals surface area contributed by atoms with Gasteiger partial charge in [-0.05, 0) is 55.7 Å². The smallest absolute Gasteiger partial charge is 0.254 e. The Morgan fingerprint density at radius 1 is 1.10 bits per heavy atom. The molecule has 0 aliphatic carbocycles. The van der Waals surface area contributed by atoms with E-state index in [4.69, 9.17) is 0 Å². The molecule has 2 aromatic rings. The van der Waals surface area contributed by atoms with Gasteiger partial charge in [0, 0.05) is 12.6 Å². The van der Waals surface area contributed by atoms with Crippen LogP contribution in [0.1, 0.15) is 40.0 Å². The molecule has 1 amide bonds. The average Bonchev–Trinajstić information content (AvgIpc) is 2.48. The Hall–Kier alpha value is -2.29. The molecule has 2 rings (SSSR count). The van der Waals surface area contributed by atoms with E-state index in [1.807, 2.05) is 58.2 Å². The van der Waals surface area contributed by atoms with Gasteiger partial charge in [-0.3, -0.25) is 4.79 Å². The molecule has 1 atom stereocenters. The lowest BCUT2D eigenvalue weighted by Gasteiger charge is -2.26. The number of carbonyl (C=O) groups excluding carboxylic acids is 1. The molecule has 0 spiro atoms. The zero-order chi connectivity index (χ0) is 15.6. The number of aryl methyl sites for hydroxylation is 1. The predicted molar refractivity (Wildman–Crippen MR) is 84.5 cm³/mol. The van der Waals surface area contributed by atoms with Crippen molar-refractivity contribution in [1.82, 2.24) is 4.90 Å². The van der Waals surface area contributed by atoms with Gasteiger partial charge < -0.3 is 10.0 Å². The van der Waals surface area contributed by atoms with Gasteiger partial charge in [0.05, 0.1) is 6.04 Å². The summed E-state index contributed by atoms with van der Waals surface area (Å²) in [6.07, 6.45) is 0. The molecule has 0 saturated heterocycles. The second-order valence-corrected chi connectivity index (χ2v) is 5.43. The number of carbonyl (C=O) groups is 1. The first-order valence-corrected chi connectivity index (χ1v) is 7.04. The lowest BCUT2D eigenvalue weighted by atomic mass is 10.0. The van der Waals surface area contributed by atoms with Crippen molar-refractivity contribution >= 4 is 5.91 Å². The molecule has 0 fully saturated rings. The van der Waals surface area contributed by atoms with E-state index in [9.17, 15) is 9.90 Å². The largest absolute Gasteiger partial charge is 0.508 e. The summed E-state index contributed by atoms with van der Waals surface area (Å²) in [6, 6.07) is 12.7. The number of hydrogen-bond donors (Lipinski definition) is 1. The molecule has 3 heteroatoms. The SMILES string of the molecule is Cc1cccc(C(=O)N(C)C(C)c2ccc(O)cc2)c1C. The van der Waals surface area contributed by atoms with E-state index < -0.39 is 0 Å². The summed E-state index contributed by atoms with van der Waals surface area (Å²) in [5, 5.41) is 9.35. The molecule has 0 aromatic heterocycles. The Kier molecular flexibility index (Phi) is 4.32. The number of rotatable bonds is 3. The third-order valence-corrected chi connectivity index (χ3v) is 4.11. The van der Waals surface area contributed by atoms with Crippen LogP contribution in [0, 0.1) is 13.8 Å². The van der Waals surface area contributed by atoms with Crippen LogP contribution < -0.4 is 0 Å². The third-order valence-electron chi connectivity index (χ3n) is 4.11. The van der Waals surface area contributed by atoms with Crippen LogP contribution in [0.25, 0.3) is 0 Å². The summed E-state index contributed by atoms with van der Waals surface area (Å²) in [5.41, 5.74) is 3.87. The fourth-order valence-electron chi connectivity index (χ4n) is 2.33. The third kappa shape index (κ3) is 3.07. The number of hydrogen-bond acceptors (Lipinski definition) is 2. The maximum Gasteiger partial charge on any atom is 0.254 e. The highest BCUT2D eigenvalue weighted by Crippen LogP contribution is 2.24. The number of benzene rings is 2. The van der Waals surface area contributed by atoms with Crippen molar-refractivity contribution in [2.24, 2.45) is 0 Å². The molecule has 1 N–H and O–H groups in total. The Labute approximate surface area is 125 Å². The van der Waals surface area contributed by atoms with Crippen LogP contribution in [0.3, 0.4) is 0 Å². The van der Waals surface area contributed by atoms with Gasteiger partial charge in [-0.25, -0.2) is 0 Å². The Balaban J connectivity index is 2.26. The van der Waals surface area contributed by atoms with Gasteiger partial charge in [0.1, 0.15) is 5.75 Å². The van der Waals surface area contributed by atoms with E-state index >= 15 is 0 Å². The summed E-state index contributed by atoms with van der Waals surface area (Å²) in [7, 11) is 1.81. The van der Waals surface area contributed by atoms with Crippen molar-refractivity contribution in [2.75, 3.05) is 7.05 Å². The Morgan fingerprint density at radius 3 is 2.33 bits per heavy atom. The van der Waals surface area contributed by atoms with Gasteiger partial charge in [-0.1, -0.05) is 24.3 Å². The van der Waals surface area contributed by atoms with Crippen LogP contribution in [0.4, 0.5) is 0 Å². The average molecular weight is 283 g/mol. The molecule has 0 saturated carbocycles. The molecule has 0 radical (unpaired) electrons. The highest BCUT2D eigenvalue weighted by molar-refractivity contribution is 5.96. The van der Waals surface area contributed by atoms with Crippen molar-refractivity contribution in [3.63, 3.8) is 0 Å². The lowest BCUT2D eigenvalue weighted by Crippen LogP contribution is -2.30. The summed E-state index contributed by atoms with van der Waals surface area (Å²) in [5.74, 6) is 0.242. The molecule has 0 bridgehead atoms. The first-order valence-electron chi connectivity index (χ1n) is 7.04. The second kappa shape index (κ2) is 6.00. The standard InChI is InChI=1S/C18H21NO2/c1-12-6-5-7-17(13(12)2)18(21)19(4)14(3)15-8-10-16(20)11-9-15/h5-11,14,20H,1-4H3. The summed E-state index contributed by atoms with van der Waals surface area (Å²) < 4.78 is 0. The van der Waals surface area contributed by atoms with Crippen molar-refractivity contribution in [2.45, 2.75) is 26.8 Å². The van der Waals surface area contributed by atoms with E-state index in [1.165, 1.54) is 0 Å². The zero-order valence-electron chi connectivity index (χ0n) is 12.9. The van der Waals surface area contributed by atoms with E-state index in [1.54, 1.807) is 17.0 Å². The molecule has 0 heterocycles. The first-order chi connectivity index (χ1) is 9.91. The van der Waals surface area contributed by atoms with Crippen LogP contribution in [0.2, 0.25) is 0 Å². The van der Waals surface area contributed by atoms with Gasteiger partial charge in [0.15, 0.2) is 0 Å². The number of phenols is 1. The number of nitrogens with zero attached hydrogens (tertiary/aromatic N) is 1. The molecular weight excluding hydrogens is 262 g/mol. The lowest BCUT2D eigenvalue weighted by molar-refractivity contribution is 0.0742. The van der Waals surface area contributed by atoms with E-state index in [-0.39, 0.29) is 17.7 Å². The maximum atomic E-state index is 12.7. The molecule has 21 heavy (non-hydrogen) atoms. The summed E-state index contributed by atoms with van der Waals surface area (Å²) in [4.78, 5) is 14.4. The Morgan fingerprint density at radius 2 is 1.71 bits per heavy atom. The van der Waals surface area contributed by atoms with E-state index in [0.717, 1.165) is 22.3 Å². The molecule has 1 unspecified atom stereocenters. The molecule has 2 aromatic carbocycles. The van der Waals surface area contributed by atoms with Crippen molar-refractivity contribution in [3.8, 4) is 5.75 Å². The van der Waals surface area contributed by atoms with E-state index in [0.29, 0.717) is 0 Å². The Bertz CT molecular complexity index is 647. The number of amides is 1. The fourth-order valence-corrected chi connectivity index (χ4v) is 2.33. The minimum Gasteiger partial charge on any atom is -0.508 e. The first kappa shape index (κ1) is 15.1. The zero-order valence-corrected chi connectivity index (χ0v) is 12.9. The van der Waals surface area contributed by atoms with Crippen molar-refractivity contribution < 1.29 is 9.90 Å². The number of phenolic OH excluding ortho intramolecular Hbond substituents is 1. The molecule has 110 valence electrons. The van der Waals surface area contributed by atoms with Crippen LogP contribution in [-0.4, -0.2) is 23.0 Å². The highest BCUT2D eigenvalue weighted by atomic mass is 16.3. The molecule has 0 aliphatic rings. The second-order valence-electron chi connectivity index (χ2n) is 5.43. The van der Waals surface area contributed by atoms with Crippen LogP contribution in [0.15, 0.2) is 42.5 Å². The normalized spacial score (nSPS) is 12.0. The molecular formula is C18H21NO2. The predicted octanol–water partition coefficient (Wildman–Crippen LogP) is 3.84. The highest BCUT2D eigenvalue weighted by Gasteiger charge is 2.20. The summed E-state index contributed by atoms with van der Waals surface area (Å²) in [6.45, 7) is 5.96. The molecule has 0 aliphatic heterocycles. The maximum absolute atomic E-state index is 12.7. The molecule has 3 nitrogen and oxygen atoms in total. The van der Waals surface area contributed by atoms with Gasteiger partial charge >= 0.3 is 0 Å². The van der Waals surface area contributed by atoms with E-state index in [2.05, 4.69) is 0 Å². The number of aromatic hydroxyl groups is 1. The van der Waals surface area contributed by atoms with Crippen LogP contribution in [0.5, 0.6) is 5.75 Å². The minimum atomic E-state index is -0.0574. The van der Waals surface area contributed by atoms with Crippen molar-refractivity contribution in [3.05, 3.63) is 64.7 Å². The quantitative estimate of drug-likeness (QED) is 0.929. The minimum absolute atomic E-state index is 0.0109. The summed E-state index contributed by atoms with van der Waals surface area (Å²) >= 11 is 0. The van der Waals surface area contributed by atoms with Gasteiger partial charge in [0.25, 0.3) is 5.91 Å². The van der Waals surface area contributed by atoms with Crippen LogP contribution in [-0.2, 0) is 0 Å². The monoisotopic (exact) mass is 283 g/mol. The van der Waals surface area contributed by atoms with Gasteiger partial charge in [-0.2, -0.15) is 0 Å². The van der Waals surface area contributed by atoms with Gasteiger partial charge in [0.2, 0.25) is 0 Å².